The van der Waals surface area contributed by atoms with Crippen LogP contribution in [0.4, 0.5) is 17.2 Å². The number of hydrogen-bond acceptors (Lipinski definition) is 5. The summed E-state index contributed by atoms with van der Waals surface area (Å²) in [6.07, 6.45) is 5.97. The fraction of sp³-hybridized carbons (Fsp3) is 0.0238. The first-order valence-electron chi connectivity index (χ1n) is 15.8. The molecular weight excluding hydrogens is 578 g/mol. The smallest absolute Gasteiger partial charge is 0.154 e. The summed E-state index contributed by atoms with van der Waals surface area (Å²) in [7, 11) is 0. The van der Waals surface area contributed by atoms with Gasteiger partial charge in [0.1, 0.15) is 34.5 Å². The molecule has 47 heavy (non-hydrogen) atoms. The molecule has 10 rings (SSSR count). The molecule has 0 saturated heterocycles. The van der Waals surface area contributed by atoms with Gasteiger partial charge in [-0.05, 0) is 106 Å². The van der Waals surface area contributed by atoms with Crippen LogP contribution in [0.5, 0.6) is 5.75 Å². The number of rotatable bonds is 4. The topological polar surface area (TPSA) is 50.5 Å². The number of nitrogens with one attached hydrogen (secondary N) is 1. The lowest BCUT2D eigenvalue weighted by molar-refractivity contribution is 0.415. The first-order valence-corrected chi connectivity index (χ1v) is 15.8. The van der Waals surface area contributed by atoms with Crippen LogP contribution in [0.3, 0.4) is 0 Å². The normalized spacial score (nSPS) is 15.0. The summed E-state index contributed by atoms with van der Waals surface area (Å²) < 4.78 is 12.5. The fourth-order valence-corrected chi connectivity index (χ4v) is 7.21. The van der Waals surface area contributed by atoms with Crippen molar-refractivity contribution >= 4 is 60.8 Å². The van der Waals surface area contributed by atoms with Crippen LogP contribution >= 0.6 is 0 Å². The number of anilines is 3. The van der Waals surface area contributed by atoms with Gasteiger partial charge in [0.05, 0.1) is 5.69 Å². The molecule has 5 heteroatoms. The van der Waals surface area contributed by atoms with Crippen molar-refractivity contribution in [2.24, 2.45) is 0 Å². The number of benzene rings is 6. The van der Waals surface area contributed by atoms with E-state index in [4.69, 9.17) is 14.1 Å². The summed E-state index contributed by atoms with van der Waals surface area (Å²) >= 11 is 0. The molecule has 8 aromatic rings. The zero-order valence-corrected chi connectivity index (χ0v) is 25.2. The number of furan rings is 1. The number of pyridine rings is 1. The van der Waals surface area contributed by atoms with E-state index < -0.39 is 0 Å². The van der Waals surface area contributed by atoms with Crippen LogP contribution in [0.25, 0.3) is 54.7 Å². The Kier molecular flexibility index (Phi) is 5.57. The Labute approximate surface area is 270 Å². The lowest BCUT2D eigenvalue weighted by Gasteiger charge is -2.28. The maximum atomic E-state index is 6.33. The number of hydrogen-bond donors (Lipinski definition) is 1. The average Bonchev–Trinajstić information content (AvgIpc) is 3.70. The zero-order chi connectivity index (χ0) is 30.9. The Morgan fingerprint density at radius 3 is 2.34 bits per heavy atom. The van der Waals surface area contributed by atoms with Gasteiger partial charge in [-0.3, -0.25) is 4.90 Å². The molecule has 1 N–H and O–H groups in total. The minimum atomic E-state index is -0.0876. The van der Waals surface area contributed by atoms with E-state index in [-0.39, 0.29) is 6.04 Å². The van der Waals surface area contributed by atoms with Crippen molar-refractivity contribution in [2.75, 3.05) is 4.90 Å². The van der Waals surface area contributed by atoms with Gasteiger partial charge in [0.15, 0.2) is 5.58 Å². The maximum Gasteiger partial charge on any atom is 0.154 e. The molecule has 2 aliphatic rings. The summed E-state index contributed by atoms with van der Waals surface area (Å²) in [6.45, 7) is 0. The second kappa shape index (κ2) is 10.1. The highest BCUT2D eigenvalue weighted by Crippen LogP contribution is 2.49. The molecule has 6 aromatic carbocycles. The molecule has 1 unspecified atom stereocenters. The van der Waals surface area contributed by atoms with Gasteiger partial charge in [-0.1, -0.05) is 78.9 Å². The lowest BCUT2D eigenvalue weighted by Crippen LogP contribution is -2.20. The van der Waals surface area contributed by atoms with E-state index in [2.05, 4.69) is 101 Å². The summed E-state index contributed by atoms with van der Waals surface area (Å²) in [5, 5.41) is 9.50. The van der Waals surface area contributed by atoms with Crippen LogP contribution in [-0.2, 0) is 0 Å². The quantitative estimate of drug-likeness (QED) is 0.202. The van der Waals surface area contributed by atoms with Crippen molar-refractivity contribution < 1.29 is 9.15 Å². The van der Waals surface area contributed by atoms with E-state index in [1.807, 2.05) is 60.8 Å². The van der Waals surface area contributed by atoms with E-state index in [1.54, 1.807) is 0 Å². The van der Waals surface area contributed by atoms with Crippen LogP contribution in [0.1, 0.15) is 11.6 Å². The third-order valence-corrected chi connectivity index (χ3v) is 9.34. The van der Waals surface area contributed by atoms with Crippen molar-refractivity contribution in [3.8, 4) is 16.9 Å². The fourth-order valence-electron chi connectivity index (χ4n) is 7.21. The summed E-state index contributed by atoms with van der Waals surface area (Å²) in [4.78, 5) is 7.47. The standard InChI is InChI=1S/C42H27N3O2/c1-2-10-29-27(9-1)25-33(31-12-4-3-11-30(29)31)26-18-20-28(21-19-26)45(34-14-7-16-36-40(34)42-37(47-36)17-8-24-43-42)39-23-22-38-41(44-39)32-13-5-6-15-35(32)46-38/h1-25,42-43H. The number of para-hydroxylation sites is 1. The van der Waals surface area contributed by atoms with Gasteiger partial charge in [-0.25, -0.2) is 4.98 Å². The highest BCUT2D eigenvalue weighted by molar-refractivity contribution is 6.13. The van der Waals surface area contributed by atoms with Crippen LogP contribution < -0.4 is 15.0 Å². The highest BCUT2D eigenvalue weighted by atomic mass is 16.5. The van der Waals surface area contributed by atoms with Crippen molar-refractivity contribution in [3.63, 3.8) is 0 Å². The molecule has 0 amide bonds. The lowest BCUT2D eigenvalue weighted by atomic mass is 9.93. The van der Waals surface area contributed by atoms with Gasteiger partial charge in [0.2, 0.25) is 0 Å². The van der Waals surface area contributed by atoms with E-state index >= 15 is 0 Å². The zero-order valence-electron chi connectivity index (χ0n) is 25.2. The molecule has 1 atom stereocenters. The first kappa shape index (κ1) is 25.9. The van der Waals surface area contributed by atoms with E-state index in [1.165, 1.54) is 27.1 Å². The van der Waals surface area contributed by atoms with Gasteiger partial charge in [-0.15, -0.1) is 0 Å². The predicted molar refractivity (Wildman–Crippen MR) is 190 cm³/mol. The molecule has 0 aliphatic carbocycles. The number of allylic oxidation sites excluding steroid dienone is 2. The van der Waals surface area contributed by atoms with Crippen LogP contribution in [0.2, 0.25) is 0 Å². The Hall–Kier alpha value is -6.33. The Morgan fingerprint density at radius 2 is 1.45 bits per heavy atom. The number of fused-ring (bicyclic) bond motifs is 9. The first-order chi connectivity index (χ1) is 23.3. The number of dihydropyridines is 1. The second-order valence-corrected chi connectivity index (χ2v) is 12.0. The largest absolute Gasteiger partial charge is 0.459 e. The van der Waals surface area contributed by atoms with Crippen molar-refractivity contribution in [1.29, 1.82) is 0 Å². The van der Waals surface area contributed by atoms with Gasteiger partial charge < -0.3 is 14.5 Å². The molecular formula is C42H27N3O2. The summed E-state index contributed by atoms with van der Waals surface area (Å²) in [5.74, 6) is 2.52. The number of nitrogens with zero attached hydrogens (tertiary/aromatic N) is 2. The Bertz CT molecular complexity index is 2600. The van der Waals surface area contributed by atoms with Gasteiger partial charge >= 0.3 is 0 Å². The minimum Gasteiger partial charge on any atom is -0.459 e. The van der Waals surface area contributed by atoms with E-state index in [0.717, 1.165) is 61.9 Å². The number of ether oxygens (including phenoxy) is 1. The van der Waals surface area contributed by atoms with Crippen molar-refractivity contribution in [2.45, 2.75) is 6.04 Å². The average molecular weight is 606 g/mol. The molecule has 4 heterocycles. The molecule has 0 fully saturated rings. The number of aromatic nitrogens is 1. The van der Waals surface area contributed by atoms with Crippen LogP contribution in [0.15, 0.2) is 162 Å². The minimum absolute atomic E-state index is 0.0876. The van der Waals surface area contributed by atoms with Gasteiger partial charge in [0.25, 0.3) is 0 Å². The summed E-state index contributed by atoms with van der Waals surface area (Å²) in [6, 6.07) is 46.7. The highest BCUT2D eigenvalue weighted by Gasteiger charge is 2.35. The Balaban J connectivity index is 1.17. The molecule has 0 radical (unpaired) electrons. The molecule has 0 saturated carbocycles. The third kappa shape index (κ3) is 4.00. The molecule has 2 aromatic heterocycles. The maximum absolute atomic E-state index is 6.33. The second-order valence-electron chi connectivity index (χ2n) is 12.0. The molecule has 0 bridgehead atoms. The van der Waals surface area contributed by atoms with Crippen LogP contribution in [-0.4, -0.2) is 4.98 Å². The van der Waals surface area contributed by atoms with Crippen molar-refractivity contribution in [1.82, 2.24) is 10.3 Å². The summed E-state index contributed by atoms with van der Waals surface area (Å²) in [5.41, 5.74) is 7.87. The molecule has 0 spiro atoms. The molecule has 5 nitrogen and oxygen atoms in total. The third-order valence-electron chi connectivity index (χ3n) is 9.34. The Morgan fingerprint density at radius 1 is 0.660 bits per heavy atom. The van der Waals surface area contributed by atoms with Crippen molar-refractivity contribution in [3.05, 3.63) is 163 Å². The SMILES string of the molecule is C1=CNC2C(=C1)Oc1cccc(N(c3ccc(-c4cc5ccccc5c5ccccc45)cc3)c3ccc4oc5ccccc5c4n3)c12. The van der Waals surface area contributed by atoms with Gasteiger partial charge in [0, 0.05) is 16.6 Å². The predicted octanol–water partition coefficient (Wildman–Crippen LogP) is 10.9. The van der Waals surface area contributed by atoms with E-state index in [0.29, 0.717) is 0 Å². The van der Waals surface area contributed by atoms with Crippen LogP contribution in [0, 0.1) is 0 Å². The van der Waals surface area contributed by atoms with Gasteiger partial charge in [-0.2, -0.15) is 0 Å². The monoisotopic (exact) mass is 605 g/mol. The molecule has 222 valence electrons. The van der Waals surface area contributed by atoms with E-state index in [9.17, 15) is 0 Å². The molecule has 2 aliphatic heterocycles.